The van der Waals surface area contributed by atoms with Gasteiger partial charge in [-0.3, -0.25) is 4.79 Å². The van der Waals surface area contributed by atoms with Crippen molar-refractivity contribution in [3.05, 3.63) is 17.7 Å². The molecule has 0 aromatic carbocycles. The average Bonchev–Trinajstić information content (AvgIpc) is 2.32. The first kappa shape index (κ1) is 8.46. The summed E-state index contributed by atoms with van der Waals surface area (Å²) in [5.41, 5.74) is 1.47. The molecule has 60 valence electrons. The number of aromatic nitrogens is 2. The van der Waals surface area contributed by atoms with Crippen molar-refractivity contribution in [2.45, 2.75) is 6.92 Å². The predicted molar refractivity (Wildman–Crippen MR) is 46.1 cm³/mol. The molecule has 0 bridgehead atoms. The second kappa shape index (κ2) is 3.17. The van der Waals surface area contributed by atoms with E-state index in [9.17, 15) is 4.79 Å². The van der Waals surface area contributed by atoms with Gasteiger partial charge < -0.3 is 4.57 Å². The number of rotatable bonds is 2. The van der Waals surface area contributed by atoms with E-state index in [-0.39, 0.29) is 5.78 Å². The van der Waals surface area contributed by atoms with Crippen LogP contribution < -0.4 is 0 Å². The van der Waals surface area contributed by atoms with Crippen LogP contribution in [-0.2, 0) is 7.05 Å². The van der Waals surface area contributed by atoms with Gasteiger partial charge in [0.2, 0.25) is 0 Å². The highest BCUT2D eigenvalue weighted by Crippen LogP contribution is 2.05. The summed E-state index contributed by atoms with van der Waals surface area (Å²) in [5.74, 6) is 0.0306. The molecular formula is C7H9BrN2O. The van der Waals surface area contributed by atoms with Crippen molar-refractivity contribution in [3.8, 4) is 0 Å². The molecule has 0 fully saturated rings. The van der Waals surface area contributed by atoms with Gasteiger partial charge in [-0.2, -0.15) is 0 Å². The summed E-state index contributed by atoms with van der Waals surface area (Å²) in [4.78, 5) is 15.1. The van der Waals surface area contributed by atoms with Crippen LogP contribution in [0.15, 0.2) is 6.33 Å². The minimum absolute atomic E-state index is 0.0306. The zero-order valence-corrected chi connectivity index (χ0v) is 8.05. The number of imidazole rings is 1. The molecule has 11 heavy (non-hydrogen) atoms. The Hall–Kier alpha value is -0.640. The lowest BCUT2D eigenvalue weighted by Gasteiger charge is -1.95. The second-order valence-corrected chi connectivity index (χ2v) is 2.91. The van der Waals surface area contributed by atoms with Crippen LogP contribution in [0.25, 0.3) is 0 Å². The smallest absolute Gasteiger partial charge is 0.193 e. The Morgan fingerprint density at radius 2 is 2.45 bits per heavy atom. The van der Waals surface area contributed by atoms with Gasteiger partial charge in [0.05, 0.1) is 11.7 Å². The summed E-state index contributed by atoms with van der Waals surface area (Å²) in [6, 6.07) is 0. The highest BCUT2D eigenvalue weighted by atomic mass is 79.9. The van der Waals surface area contributed by atoms with Crippen LogP contribution in [0.2, 0.25) is 0 Å². The molecule has 0 atom stereocenters. The molecule has 1 rings (SSSR count). The average molecular weight is 217 g/mol. The van der Waals surface area contributed by atoms with Crippen molar-refractivity contribution < 1.29 is 4.79 Å². The van der Waals surface area contributed by atoms with E-state index in [2.05, 4.69) is 20.9 Å². The number of hydrogen-bond donors (Lipinski definition) is 0. The van der Waals surface area contributed by atoms with Crippen molar-refractivity contribution in [2.24, 2.45) is 7.05 Å². The SMILES string of the molecule is Cc1c(C(=O)CBr)ncn1C. The Morgan fingerprint density at radius 1 is 1.82 bits per heavy atom. The molecule has 0 spiro atoms. The van der Waals surface area contributed by atoms with Crippen molar-refractivity contribution >= 4 is 21.7 Å². The maximum atomic E-state index is 11.1. The first-order chi connectivity index (χ1) is 5.16. The molecule has 0 saturated carbocycles. The molecule has 1 aromatic rings. The lowest BCUT2D eigenvalue weighted by molar-refractivity contribution is 0.101. The summed E-state index contributed by atoms with van der Waals surface area (Å²) in [6.45, 7) is 1.88. The van der Waals surface area contributed by atoms with E-state index in [0.29, 0.717) is 11.0 Å². The van der Waals surface area contributed by atoms with Crippen LogP contribution >= 0.6 is 15.9 Å². The first-order valence-electron chi connectivity index (χ1n) is 3.24. The monoisotopic (exact) mass is 216 g/mol. The number of aryl methyl sites for hydroxylation is 1. The number of alkyl halides is 1. The molecule has 0 amide bonds. The molecule has 0 aliphatic heterocycles. The molecule has 0 aliphatic carbocycles. The number of carbonyl (C=O) groups excluding carboxylic acids is 1. The summed E-state index contributed by atoms with van der Waals surface area (Å²) >= 11 is 3.10. The fourth-order valence-corrected chi connectivity index (χ4v) is 1.09. The fourth-order valence-electron chi connectivity index (χ4n) is 0.828. The first-order valence-corrected chi connectivity index (χ1v) is 4.36. The van der Waals surface area contributed by atoms with Gasteiger partial charge >= 0.3 is 0 Å². The third-order valence-corrected chi connectivity index (χ3v) is 2.13. The molecule has 1 aromatic heterocycles. The maximum Gasteiger partial charge on any atom is 0.193 e. The van der Waals surface area contributed by atoms with Crippen molar-refractivity contribution in [1.29, 1.82) is 0 Å². The van der Waals surface area contributed by atoms with E-state index < -0.39 is 0 Å². The Morgan fingerprint density at radius 3 is 2.82 bits per heavy atom. The lowest BCUT2D eigenvalue weighted by Crippen LogP contribution is -2.03. The van der Waals surface area contributed by atoms with Crippen LogP contribution in [0.1, 0.15) is 16.2 Å². The van der Waals surface area contributed by atoms with Crippen LogP contribution in [0.5, 0.6) is 0 Å². The number of ketones is 1. The Labute approximate surface area is 73.6 Å². The quantitative estimate of drug-likeness (QED) is 0.552. The minimum atomic E-state index is 0.0306. The van der Waals surface area contributed by atoms with Crippen LogP contribution in [0.3, 0.4) is 0 Å². The van der Waals surface area contributed by atoms with Crippen molar-refractivity contribution in [3.63, 3.8) is 0 Å². The fraction of sp³-hybridized carbons (Fsp3) is 0.429. The molecule has 4 heteroatoms. The van der Waals surface area contributed by atoms with E-state index >= 15 is 0 Å². The maximum absolute atomic E-state index is 11.1. The number of nitrogens with zero attached hydrogens (tertiary/aromatic N) is 2. The van der Waals surface area contributed by atoms with Gasteiger partial charge in [0, 0.05) is 12.7 Å². The van der Waals surface area contributed by atoms with Gasteiger partial charge in [0.25, 0.3) is 0 Å². The zero-order chi connectivity index (χ0) is 8.43. The van der Waals surface area contributed by atoms with Crippen LogP contribution in [0, 0.1) is 6.92 Å². The standard InChI is InChI=1S/C7H9BrN2O/c1-5-7(6(11)3-8)9-4-10(5)2/h4H,3H2,1-2H3. The number of carbonyl (C=O) groups is 1. The Kier molecular flexibility index (Phi) is 2.44. The normalized spacial score (nSPS) is 10.1. The summed E-state index contributed by atoms with van der Waals surface area (Å²) in [7, 11) is 1.87. The molecule has 0 unspecified atom stereocenters. The molecule has 0 saturated heterocycles. The number of halogens is 1. The van der Waals surface area contributed by atoms with E-state index in [1.807, 2.05) is 18.5 Å². The molecule has 3 nitrogen and oxygen atoms in total. The molecule has 1 heterocycles. The van der Waals surface area contributed by atoms with E-state index in [4.69, 9.17) is 0 Å². The lowest BCUT2D eigenvalue weighted by atomic mass is 10.3. The highest BCUT2D eigenvalue weighted by Gasteiger charge is 2.10. The van der Waals surface area contributed by atoms with E-state index in [1.165, 1.54) is 0 Å². The van der Waals surface area contributed by atoms with Crippen molar-refractivity contribution in [2.75, 3.05) is 5.33 Å². The zero-order valence-electron chi connectivity index (χ0n) is 6.47. The molecule has 0 N–H and O–H groups in total. The van der Waals surface area contributed by atoms with Gasteiger partial charge in [-0.15, -0.1) is 0 Å². The number of Topliss-reactive ketones (excluding diaryl/α,β-unsaturated/α-hetero) is 1. The molecule has 0 aliphatic rings. The topological polar surface area (TPSA) is 34.9 Å². The van der Waals surface area contributed by atoms with Gasteiger partial charge in [-0.1, -0.05) is 15.9 Å². The summed E-state index contributed by atoms with van der Waals surface area (Å²) in [5, 5.41) is 0.338. The number of hydrogen-bond acceptors (Lipinski definition) is 2. The van der Waals surface area contributed by atoms with Crippen molar-refractivity contribution in [1.82, 2.24) is 9.55 Å². The van der Waals surface area contributed by atoms with Gasteiger partial charge in [-0.25, -0.2) is 4.98 Å². The second-order valence-electron chi connectivity index (χ2n) is 2.35. The molecular weight excluding hydrogens is 208 g/mol. The largest absolute Gasteiger partial charge is 0.337 e. The minimum Gasteiger partial charge on any atom is -0.337 e. The van der Waals surface area contributed by atoms with E-state index in [0.717, 1.165) is 5.69 Å². The third kappa shape index (κ3) is 1.50. The van der Waals surface area contributed by atoms with E-state index in [1.54, 1.807) is 6.33 Å². The van der Waals surface area contributed by atoms with Gasteiger partial charge in [-0.05, 0) is 6.92 Å². The Balaban J connectivity index is 3.04. The summed E-state index contributed by atoms with van der Waals surface area (Å²) in [6.07, 6.45) is 1.64. The predicted octanol–water partition coefficient (Wildman–Crippen LogP) is 1.31. The third-order valence-electron chi connectivity index (χ3n) is 1.62. The van der Waals surface area contributed by atoms with Gasteiger partial charge in [0.1, 0.15) is 5.69 Å². The van der Waals surface area contributed by atoms with Crippen LogP contribution in [0.4, 0.5) is 0 Å². The van der Waals surface area contributed by atoms with Gasteiger partial charge in [0.15, 0.2) is 5.78 Å². The highest BCUT2D eigenvalue weighted by molar-refractivity contribution is 9.09. The molecule has 0 radical (unpaired) electrons. The Bertz CT molecular complexity index is 280. The summed E-state index contributed by atoms with van der Waals surface area (Å²) < 4.78 is 1.83. The van der Waals surface area contributed by atoms with Crippen LogP contribution in [-0.4, -0.2) is 20.7 Å².